The predicted octanol–water partition coefficient (Wildman–Crippen LogP) is 4.47. The van der Waals surface area contributed by atoms with Crippen LogP contribution in [0.1, 0.15) is 60.3 Å². The molecule has 11 nitrogen and oxygen atoms in total. The normalized spacial score (nSPS) is 14.2. The Morgan fingerprint density at radius 1 is 1.21 bits per heavy atom. The van der Waals surface area contributed by atoms with Crippen molar-refractivity contribution < 1.29 is 22.9 Å². The van der Waals surface area contributed by atoms with E-state index in [9.17, 15) is 23.3 Å². The van der Waals surface area contributed by atoms with Gasteiger partial charge in [-0.2, -0.15) is 9.78 Å². The molecule has 1 heterocycles. The fraction of sp³-hybridized carbons (Fsp3) is 0.385. The molecular formula is C26H31N5O6S. The standard InChI is InChI=1S/C26H31N5O6S/c1-6-17(4)27-25(32)24-18(5)26(30(28-24)21-13-15(2)7-8-16(21)3)37-22-12-11-20(31(33)34)14-23(22)38(35,36)29-19-9-10-19/h7-8,11-14,17,19,29H,6,9-10H2,1-5H3,(H,27,32)/t17-/m0/s1. The molecule has 1 aliphatic carbocycles. The number of amides is 1. The van der Waals surface area contributed by atoms with E-state index in [0.29, 0.717) is 24.1 Å². The minimum atomic E-state index is -4.13. The van der Waals surface area contributed by atoms with Crippen LogP contribution in [0.3, 0.4) is 0 Å². The SMILES string of the molecule is CC[C@H](C)NC(=O)c1nn(-c2cc(C)ccc2C)c(Oc2ccc([N+](=O)[O-])cc2S(=O)(=O)NC2CC2)c1C. The first-order valence-corrected chi connectivity index (χ1v) is 13.9. The van der Waals surface area contributed by atoms with Crippen molar-refractivity contribution in [1.82, 2.24) is 19.8 Å². The maximum Gasteiger partial charge on any atom is 0.272 e. The summed E-state index contributed by atoms with van der Waals surface area (Å²) in [4.78, 5) is 23.5. The number of nitro benzene ring substituents is 1. The number of nitrogens with one attached hydrogen (secondary N) is 2. The van der Waals surface area contributed by atoms with Gasteiger partial charge in [0.25, 0.3) is 11.6 Å². The highest BCUT2D eigenvalue weighted by atomic mass is 32.2. The third-order valence-electron chi connectivity index (χ3n) is 6.40. The third kappa shape index (κ3) is 5.70. The zero-order chi connectivity index (χ0) is 27.8. The number of non-ortho nitro benzene ring substituents is 1. The van der Waals surface area contributed by atoms with Crippen molar-refractivity contribution in [3.05, 3.63) is 68.9 Å². The summed E-state index contributed by atoms with van der Waals surface area (Å²) in [7, 11) is -4.13. The molecule has 202 valence electrons. The van der Waals surface area contributed by atoms with Crippen LogP contribution in [0.25, 0.3) is 5.69 Å². The molecule has 2 aromatic carbocycles. The Morgan fingerprint density at radius 2 is 1.92 bits per heavy atom. The zero-order valence-electron chi connectivity index (χ0n) is 21.9. The lowest BCUT2D eigenvalue weighted by molar-refractivity contribution is -0.385. The Labute approximate surface area is 221 Å². The molecule has 1 atom stereocenters. The number of carbonyl (C=O) groups excluding carboxylic acids is 1. The number of sulfonamides is 1. The Balaban J connectivity index is 1.88. The van der Waals surface area contributed by atoms with Crippen LogP contribution in [0.15, 0.2) is 41.3 Å². The van der Waals surface area contributed by atoms with Crippen LogP contribution < -0.4 is 14.8 Å². The molecule has 4 rings (SSSR count). The number of carbonyl (C=O) groups is 1. The van der Waals surface area contributed by atoms with Gasteiger partial charge in [0.1, 0.15) is 10.6 Å². The van der Waals surface area contributed by atoms with Crippen molar-refractivity contribution in [2.24, 2.45) is 0 Å². The fourth-order valence-electron chi connectivity index (χ4n) is 3.81. The Kier molecular flexibility index (Phi) is 7.56. The number of ether oxygens (including phenoxy) is 1. The van der Waals surface area contributed by atoms with E-state index in [1.54, 1.807) is 6.92 Å². The van der Waals surface area contributed by atoms with Gasteiger partial charge in [0, 0.05) is 29.8 Å². The van der Waals surface area contributed by atoms with Gasteiger partial charge < -0.3 is 10.1 Å². The lowest BCUT2D eigenvalue weighted by Crippen LogP contribution is -2.32. The maximum atomic E-state index is 13.2. The number of benzene rings is 2. The summed E-state index contributed by atoms with van der Waals surface area (Å²) in [6, 6.07) is 8.83. The van der Waals surface area contributed by atoms with Crippen molar-refractivity contribution in [2.75, 3.05) is 0 Å². The van der Waals surface area contributed by atoms with Gasteiger partial charge in [0.05, 0.1) is 10.6 Å². The number of aryl methyl sites for hydroxylation is 2. The molecule has 1 saturated carbocycles. The van der Waals surface area contributed by atoms with Crippen LogP contribution in [0.4, 0.5) is 5.69 Å². The first-order valence-electron chi connectivity index (χ1n) is 12.4. The van der Waals surface area contributed by atoms with Gasteiger partial charge >= 0.3 is 0 Å². The van der Waals surface area contributed by atoms with Crippen molar-refractivity contribution >= 4 is 21.6 Å². The van der Waals surface area contributed by atoms with E-state index >= 15 is 0 Å². The molecule has 1 amide bonds. The van der Waals surface area contributed by atoms with Crippen LogP contribution in [0.2, 0.25) is 0 Å². The average molecular weight is 542 g/mol. The van der Waals surface area contributed by atoms with Gasteiger partial charge in [-0.05, 0) is 70.2 Å². The number of rotatable bonds is 10. The third-order valence-corrected chi connectivity index (χ3v) is 7.94. The summed E-state index contributed by atoms with van der Waals surface area (Å²) in [6.45, 7) is 9.30. The second-order valence-corrected chi connectivity index (χ2v) is 11.3. The van der Waals surface area contributed by atoms with E-state index in [0.717, 1.165) is 23.6 Å². The predicted molar refractivity (Wildman–Crippen MR) is 142 cm³/mol. The summed E-state index contributed by atoms with van der Waals surface area (Å²) >= 11 is 0. The van der Waals surface area contributed by atoms with Crippen LogP contribution in [-0.2, 0) is 10.0 Å². The van der Waals surface area contributed by atoms with Crippen molar-refractivity contribution in [3.8, 4) is 17.3 Å². The van der Waals surface area contributed by atoms with E-state index < -0.39 is 20.9 Å². The summed E-state index contributed by atoms with van der Waals surface area (Å²) in [6.07, 6.45) is 2.11. The van der Waals surface area contributed by atoms with Crippen LogP contribution in [0, 0.1) is 30.9 Å². The minimum Gasteiger partial charge on any atom is -0.437 e. The molecule has 38 heavy (non-hydrogen) atoms. The van der Waals surface area contributed by atoms with E-state index in [-0.39, 0.29) is 40.0 Å². The molecule has 2 N–H and O–H groups in total. The van der Waals surface area contributed by atoms with E-state index in [1.165, 1.54) is 16.8 Å². The lowest BCUT2D eigenvalue weighted by Gasteiger charge is -2.15. The Hall–Kier alpha value is -3.77. The number of hydrogen-bond acceptors (Lipinski definition) is 7. The monoisotopic (exact) mass is 541 g/mol. The lowest BCUT2D eigenvalue weighted by atomic mass is 10.1. The summed E-state index contributed by atoms with van der Waals surface area (Å²) < 4.78 is 36.6. The number of nitro groups is 1. The van der Waals surface area contributed by atoms with Crippen LogP contribution >= 0.6 is 0 Å². The van der Waals surface area contributed by atoms with Gasteiger partial charge in [0.2, 0.25) is 15.9 Å². The largest absolute Gasteiger partial charge is 0.437 e. The maximum absolute atomic E-state index is 13.2. The first kappa shape index (κ1) is 27.3. The highest BCUT2D eigenvalue weighted by Gasteiger charge is 2.32. The van der Waals surface area contributed by atoms with Gasteiger partial charge in [-0.3, -0.25) is 14.9 Å². The molecular weight excluding hydrogens is 510 g/mol. The molecule has 1 aromatic heterocycles. The molecule has 0 aliphatic heterocycles. The van der Waals surface area contributed by atoms with Gasteiger partial charge in [0.15, 0.2) is 5.69 Å². The second kappa shape index (κ2) is 10.5. The first-order chi connectivity index (χ1) is 17.9. The number of aromatic nitrogens is 2. The van der Waals surface area contributed by atoms with E-state index in [4.69, 9.17) is 4.74 Å². The van der Waals surface area contributed by atoms with Crippen molar-refractivity contribution in [3.63, 3.8) is 0 Å². The molecule has 1 fully saturated rings. The summed E-state index contributed by atoms with van der Waals surface area (Å²) in [5.41, 5.74) is 2.58. The van der Waals surface area contributed by atoms with E-state index in [1.807, 2.05) is 45.9 Å². The average Bonchev–Trinajstić information content (AvgIpc) is 3.61. The number of hydrogen-bond donors (Lipinski definition) is 2. The fourth-order valence-corrected chi connectivity index (χ4v) is 5.27. The molecule has 1 aliphatic rings. The molecule has 0 unspecified atom stereocenters. The van der Waals surface area contributed by atoms with Gasteiger partial charge in [-0.25, -0.2) is 13.1 Å². The Morgan fingerprint density at radius 3 is 2.55 bits per heavy atom. The molecule has 3 aromatic rings. The molecule has 12 heteroatoms. The quantitative estimate of drug-likeness (QED) is 0.284. The smallest absolute Gasteiger partial charge is 0.272 e. The zero-order valence-corrected chi connectivity index (χ0v) is 22.8. The van der Waals surface area contributed by atoms with Gasteiger partial charge in [-0.15, -0.1) is 0 Å². The molecule has 0 bridgehead atoms. The van der Waals surface area contributed by atoms with Gasteiger partial charge in [-0.1, -0.05) is 19.1 Å². The van der Waals surface area contributed by atoms with Crippen LogP contribution in [-0.4, -0.2) is 41.1 Å². The second-order valence-electron chi connectivity index (χ2n) is 9.65. The molecule has 0 radical (unpaired) electrons. The minimum absolute atomic E-state index is 0.0861. The Bertz CT molecular complexity index is 1510. The van der Waals surface area contributed by atoms with Crippen molar-refractivity contribution in [1.29, 1.82) is 0 Å². The van der Waals surface area contributed by atoms with Crippen LogP contribution in [0.5, 0.6) is 11.6 Å². The van der Waals surface area contributed by atoms with Crippen molar-refractivity contribution in [2.45, 2.75) is 70.9 Å². The topological polar surface area (TPSA) is 145 Å². The highest BCUT2D eigenvalue weighted by molar-refractivity contribution is 7.89. The highest BCUT2D eigenvalue weighted by Crippen LogP contribution is 2.37. The van der Waals surface area contributed by atoms with E-state index in [2.05, 4.69) is 15.1 Å². The molecule has 0 spiro atoms. The summed E-state index contributed by atoms with van der Waals surface area (Å²) in [5.74, 6) is -0.380. The molecule has 0 saturated heterocycles. The number of nitrogens with zero attached hydrogens (tertiary/aromatic N) is 3. The summed E-state index contributed by atoms with van der Waals surface area (Å²) in [5, 5.41) is 18.9.